The van der Waals surface area contributed by atoms with Crippen molar-refractivity contribution in [3.8, 4) is 11.1 Å². The summed E-state index contributed by atoms with van der Waals surface area (Å²) in [7, 11) is 0. The van der Waals surface area contributed by atoms with Gasteiger partial charge in [0, 0.05) is 12.0 Å². The maximum absolute atomic E-state index is 14.7. The second-order valence-corrected chi connectivity index (χ2v) is 6.58. The largest absolute Gasteiger partial charge is 0.481 e. The Hall–Kier alpha value is -3.01. The minimum Gasteiger partial charge on any atom is -0.481 e. The second kappa shape index (κ2) is 8.12. The molecule has 0 saturated heterocycles. The van der Waals surface area contributed by atoms with E-state index in [0.29, 0.717) is 0 Å². The van der Waals surface area contributed by atoms with E-state index in [1.54, 1.807) is 36.4 Å². The van der Waals surface area contributed by atoms with E-state index >= 15 is 0 Å². The first-order valence-corrected chi connectivity index (χ1v) is 8.76. The summed E-state index contributed by atoms with van der Waals surface area (Å²) < 4.78 is 29.5. The molecule has 0 aliphatic rings. The molecule has 4 heteroatoms. The van der Waals surface area contributed by atoms with Gasteiger partial charge >= 0.3 is 5.97 Å². The Labute approximate surface area is 157 Å². The fraction of sp³-hybridized carbons (Fsp3) is 0.174. The summed E-state index contributed by atoms with van der Waals surface area (Å²) in [5, 5.41) is 9.40. The van der Waals surface area contributed by atoms with E-state index in [1.165, 1.54) is 12.1 Å². The van der Waals surface area contributed by atoms with E-state index in [9.17, 15) is 18.7 Å². The Morgan fingerprint density at radius 1 is 0.815 bits per heavy atom. The molecule has 0 radical (unpaired) electrons. The third-order valence-corrected chi connectivity index (χ3v) is 4.59. The van der Waals surface area contributed by atoms with Gasteiger partial charge in [-0.15, -0.1) is 0 Å². The number of rotatable bonds is 7. The van der Waals surface area contributed by atoms with Crippen LogP contribution in [-0.2, 0) is 17.1 Å². The van der Waals surface area contributed by atoms with Gasteiger partial charge in [-0.05, 0) is 23.1 Å². The molecule has 0 spiro atoms. The minimum absolute atomic E-state index is 0.0772. The number of carboxylic acids is 1. The lowest BCUT2D eigenvalue weighted by atomic mass is 9.90. The molecule has 0 amide bonds. The lowest BCUT2D eigenvalue weighted by Crippen LogP contribution is -2.25. The maximum atomic E-state index is 14.7. The van der Waals surface area contributed by atoms with E-state index in [2.05, 4.69) is 0 Å². The van der Waals surface area contributed by atoms with E-state index in [-0.39, 0.29) is 12.0 Å². The summed E-state index contributed by atoms with van der Waals surface area (Å²) >= 11 is 0. The van der Waals surface area contributed by atoms with Gasteiger partial charge < -0.3 is 5.11 Å². The Morgan fingerprint density at radius 3 is 1.89 bits per heavy atom. The van der Waals surface area contributed by atoms with Crippen LogP contribution in [0.5, 0.6) is 0 Å². The number of benzene rings is 3. The van der Waals surface area contributed by atoms with Crippen LogP contribution in [0.15, 0.2) is 84.9 Å². The standard InChI is InChI=1S/C23H20F2O2/c24-23(25,16-20(22(26)27)15-17-7-3-1-4-8-17)21-13-11-19(12-14-21)18-9-5-2-6-10-18/h1-14,20H,15-16H2,(H,26,27). The van der Waals surface area contributed by atoms with Crippen LogP contribution in [0.3, 0.4) is 0 Å². The quantitative estimate of drug-likeness (QED) is 0.575. The predicted octanol–water partition coefficient (Wildman–Crippen LogP) is 5.78. The first kappa shape index (κ1) is 18.8. The van der Waals surface area contributed by atoms with Crippen molar-refractivity contribution in [2.45, 2.75) is 18.8 Å². The topological polar surface area (TPSA) is 37.3 Å². The minimum atomic E-state index is -3.22. The van der Waals surface area contributed by atoms with E-state index in [4.69, 9.17) is 0 Å². The van der Waals surface area contributed by atoms with Crippen molar-refractivity contribution < 1.29 is 18.7 Å². The SMILES string of the molecule is O=C(O)C(Cc1ccccc1)CC(F)(F)c1ccc(-c2ccccc2)cc1. The monoisotopic (exact) mass is 366 g/mol. The summed E-state index contributed by atoms with van der Waals surface area (Å²) in [5.74, 6) is -5.58. The first-order valence-electron chi connectivity index (χ1n) is 8.76. The number of aliphatic carboxylic acids is 1. The zero-order valence-electron chi connectivity index (χ0n) is 14.7. The molecule has 0 aliphatic carbocycles. The fourth-order valence-electron chi connectivity index (χ4n) is 3.11. The van der Waals surface area contributed by atoms with Crippen molar-refractivity contribution in [1.29, 1.82) is 0 Å². The van der Waals surface area contributed by atoms with Crippen LogP contribution < -0.4 is 0 Å². The molecule has 2 nitrogen and oxygen atoms in total. The van der Waals surface area contributed by atoms with Crippen molar-refractivity contribution in [2.75, 3.05) is 0 Å². The Kier molecular flexibility index (Phi) is 5.65. The van der Waals surface area contributed by atoms with Crippen LogP contribution in [0.2, 0.25) is 0 Å². The molecule has 3 rings (SSSR count). The molecular formula is C23H20F2O2. The number of alkyl halides is 2. The van der Waals surface area contributed by atoms with Crippen molar-refractivity contribution in [3.63, 3.8) is 0 Å². The molecule has 27 heavy (non-hydrogen) atoms. The van der Waals surface area contributed by atoms with Crippen molar-refractivity contribution in [2.24, 2.45) is 5.92 Å². The molecule has 0 heterocycles. The number of carboxylic acid groups (broad SMARTS) is 1. The average molecular weight is 366 g/mol. The van der Waals surface area contributed by atoms with Gasteiger partial charge in [0.25, 0.3) is 5.92 Å². The van der Waals surface area contributed by atoms with Crippen molar-refractivity contribution in [1.82, 2.24) is 0 Å². The third kappa shape index (κ3) is 4.79. The summed E-state index contributed by atoms with van der Waals surface area (Å²) in [5.41, 5.74) is 2.36. The molecule has 1 N–H and O–H groups in total. The summed E-state index contributed by atoms with van der Waals surface area (Å²) in [6, 6.07) is 24.4. The lowest BCUT2D eigenvalue weighted by molar-refractivity contribution is -0.145. The molecule has 0 aliphatic heterocycles. The number of halogens is 2. The van der Waals surface area contributed by atoms with Crippen LogP contribution in [0, 0.1) is 5.92 Å². The van der Waals surface area contributed by atoms with Gasteiger partial charge in [-0.2, -0.15) is 0 Å². The highest BCUT2D eigenvalue weighted by Gasteiger charge is 2.37. The average Bonchev–Trinajstić information content (AvgIpc) is 2.69. The molecule has 0 aromatic heterocycles. The Bertz CT molecular complexity index is 875. The van der Waals surface area contributed by atoms with Gasteiger partial charge in [-0.1, -0.05) is 84.9 Å². The Morgan fingerprint density at radius 2 is 1.33 bits per heavy atom. The van der Waals surface area contributed by atoms with Crippen LogP contribution in [0.1, 0.15) is 17.5 Å². The van der Waals surface area contributed by atoms with E-state index in [0.717, 1.165) is 16.7 Å². The number of hydrogen-bond acceptors (Lipinski definition) is 1. The summed E-state index contributed by atoms with van der Waals surface area (Å²) in [4.78, 5) is 11.5. The second-order valence-electron chi connectivity index (χ2n) is 6.58. The molecular weight excluding hydrogens is 346 g/mol. The van der Waals surface area contributed by atoms with Gasteiger partial charge in [-0.3, -0.25) is 4.79 Å². The fourth-order valence-corrected chi connectivity index (χ4v) is 3.11. The molecule has 3 aromatic rings. The van der Waals surface area contributed by atoms with Crippen molar-refractivity contribution in [3.05, 3.63) is 96.1 Å². The summed E-state index contributed by atoms with van der Waals surface area (Å²) in [6.45, 7) is 0. The van der Waals surface area contributed by atoms with Gasteiger partial charge in [0.2, 0.25) is 0 Å². The Balaban J connectivity index is 1.77. The first-order chi connectivity index (χ1) is 13.0. The van der Waals surface area contributed by atoms with Crippen LogP contribution >= 0.6 is 0 Å². The van der Waals surface area contributed by atoms with Gasteiger partial charge in [0.15, 0.2) is 0 Å². The molecule has 0 saturated carbocycles. The normalized spacial score (nSPS) is 12.5. The van der Waals surface area contributed by atoms with E-state index < -0.39 is 24.2 Å². The number of hydrogen-bond donors (Lipinski definition) is 1. The van der Waals surface area contributed by atoms with Crippen LogP contribution in [0.25, 0.3) is 11.1 Å². The molecule has 138 valence electrons. The van der Waals surface area contributed by atoms with Gasteiger partial charge in [0.05, 0.1) is 5.92 Å². The zero-order chi connectivity index (χ0) is 19.3. The smallest absolute Gasteiger partial charge is 0.307 e. The van der Waals surface area contributed by atoms with Crippen LogP contribution in [-0.4, -0.2) is 11.1 Å². The molecule has 0 bridgehead atoms. The molecule has 1 unspecified atom stereocenters. The van der Waals surface area contributed by atoms with Gasteiger partial charge in [0.1, 0.15) is 0 Å². The van der Waals surface area contributed by atoms with Crippen LogP contribution in [0.4, 0.5) is 8.78 Å². The van der Waals surface area contributed by atoms with Gasteiger partial charge in [-0.25, -0.2) is 8.78 Å². The summed E-state index contributed by atoms with van der Waals surface area (Å²) in [6.07, 6.45) is -0.657. The zero-order valence-corrected chi connectivity index (χ0v) is 14.7. The molecule has 3 aromatic carbocycles. The predicted molar refractivity (Wildman–Crippen MR) is 102 cm³/mol. The molecule has 1 atom stereocenters. The maximum Gasteiger partial charge on any atom is 0.307 e. The highest BCUT2D eigenvalue weighted by molar-refractivity contribution is 5.70. The lowest BCUT2D eigenvalue weighted by Gasteiger charge is -2.21. The third-order valence-electron chi connectivity index (χ3n) is 4.59. The van der Waals surface area contributed by atoms with Crippen molar-refractivity contribution >= 4 is 5.97 Å². The highest BCUT2D eigenvalue weighted by Crippen LogP contribution is 2.36. The number of carbonyl (C=O) groups is 1. The highest BCUT2D eigenvalue weighted by atomic mass is 19.3. The van der Waals surface area contributed by atoms with E-state index in [1.807, 2.05) is 36.4 Å². The molecule has 0 fully saturated rings.